The Bertz CT molecular complexity index is 583. The molecule has 1 aliphatic heterocycles. The van der Waals surface area contributed by atoms with Gasteiger partial charge < -0.3 is 10.6 Å². The molecule has 2 rings (SSSR count). The van der Waals surface area contributed by atoms with Gasteiger partial charge in [-0.05, 0) is 37.3 Å². The van der Waals surface area contributed by atoms with E-state index in [2.05, 4.69) is 25.7 Å². The number of rotatable bonds is 1. The largest absolute Gasteiger partial charge is 0.339 e. The van der Waals surface area contributed by atoms with Crippen LogP contribution in [-0.4, -0.2) is 30.4 Å². The summed E-state index contributed by atoms with van der Waals surface area (Å²) in [6.07, 6.45) is 2.10. The third-order valence-corrected chi connectivity index (χ3v) is 4.13. The molecule has 2 N–H and O–H groups in total. The Morgan fingerprint density at radius 3 is 2.62 bits per heavy atom. The molecule has 0 bridgehead atoms. The lowest BCUT2D eigenvalue weighted by molar-refractivity contribution is 0.0630. The summed E-state index contributed by atoms with van der Waals surface area (Å²) in [4.78, 5) is 14.7. The third kappa shape index (κ3) is 3.86. The Morgan fingerprint density at radius 1 is 1.33 bits per heavy atom. The van der Waals surface area contributed by atoms with Crippen LogP contribution >= 0.6 is 0 Å². The molecule has 3 heteroatoms. The van der Waals surface area contributed by atoms with Crippen molar-refractivity contribution >= 4 is 5.91 Å². The van der Waals surface area contributed by atoms with Gasteiger partial charge in [-0.15, -0.1) is 0 Å². The molecule has 1 fully saturated rings. The van der Waals surface area contributed by atoms with Crippen molar-refractivity contribution in [1.82, 2.24) is 4.90 Å². The standard InChI is InChI=1S/C18H24N2O/c1-14-6-7-15(5-4-10-19)16(13-14)17(21)20-11-8-18(2,3)9-12-20/h6-7,13H,8-12,19H2,1-3H3. The van der Waals surface area contributed by atoms with Gasteiger partial charge in [-0.1, -0.05) is 37.3 Å². The number of nitrogens with zero attached hydrogens (tertiary/aromatic N) is 1. The number of amides is 1. The van der Waals surface area contributed by atoms with Gasteiger partial charge in [0.25, 0.3) is 5.91 Å². The number of hydrogen-bond donors (Lipinski definition) is 1. The van der Waals surface area contributed by atoms with Crippen LogP contribution in [0.4, 0.5) is 0 Å². The molecule has 112 valence electrons. The topological polar surface area (TPSA) is 46.3 Å². The zero-order chi connectivity index (χ0) is 15.5. The van der Waals surface area contributed by atoms with E-state index < -0.39 is 0 Å². The lowest BCUT2D eigenvalue weighted by atomic mass is 9.82. The quantitative estimate of drug-likeness (QED) is 0.806. The number of likely N-dealkylation sites (tertiary alicyclic amines) is 1. The predicted octanol–water partition coefficient (Wildman–Crippen LogP) is 2.57. The molecule has 1 heterocycles. The maximum Gasteiger partial charge on any atom is 0.255 e. The van der Waals surface area contributed by atoms with Crippen LogP contribution < -0.4 is 5.73 Å². The van der Waals surface area contributed by atoms with E-state index in [1.54, 1.807) is 0 Å². The lowest BCUT2D eigenvalue weighted by Crippen LogP contribution is -2.41. The van der Waals surface area contributed by atoms with Crippen molar-refractivity contribution in [3.05, 3.63) is 34.9 Å². The minimum absolute atomic E-state index is 0.0931. The Labute approximate surface area is 127 Å². The van der Waals surface area contributed by atoms with Gasteiger partial charge in [0.05, 0.1) is 12.1 Å². The van der Waals surface area contributed by atoms with E-state index in [0.29, 0.717) is 17.5 Å². The molecular formula is C18H24N2O. The van der Waals surface area contributed by atoms with Crippen LogP contribution in [0.1, 0.15) is 48.2 Å². The second kappa shape index (κ2) is 6.32. The molecule has 1 saturated heterocycles. The summed E-state index contributed by atoms with van der Waals surface area (Å²) >= 11 is 0. The number of benzene rings is 1. The highest BCUT2D eigenvalue weighted by atomic mass is 16.2. The van der Waals surface area contributed by atoms with Gasteiger partial charge in [0.1, 0.15) is 0 Å². The summed E-state index contributed by atoms with van der Waals surface area (Å²) in [7, 11) is 0. The molecule has 0 unspecified atom stereocenters. The highest BCUT2D eigenvalue weighted by molar-refractivity contribution is 5.97. The van der Waals surface area contributed by atoms with Gasteiger partial charge in [-0.3, -0.25) is 4.79 Å². The number of carbonyl (C=O) groups excluding carboxylic acids is 1. The molecular weight excluding hydrogens is 260 g/mol. The van der Waals surface area contributed by atoms with Crippen molar-refractivity contribution in [3.8, 4) is 11.8 Å². The Kier molecular flexibility index (Phi) is 4.69. The Hall–Kier alpha value is -1.79. The van der Waals surface area contributed by atoms with E-state index in [1.165, 1.54) is 0 Å². The van der Waals surface area contributed by atoms with Crippen molar-refractivity contribution < 1.29 is 4.79 Å². The smallest absolute Gasteiger partial charge is 0.255 e. The SMILES string of the molecule is Cc1ccc(C#CCN)c(C(=O)N2CCC(C)(C)CC2)c1. The van der Waals surface area contributed by atoms with Crippen LogP contribution in [0, 0.1) is 24.2 Å². The normalized spacial score (nSPS) is 17.0. The molecule has 1 amide bonds. The number of aryl methyl sites for hydroxylation is 1. The van der Waals surface area contributed by atoms with E-state index in [0.717, 1.165) is 37.1 Å². The summed E-state index contributed by atoms with van der Waals surface area (Å²) < 4.78 is 0. The van der Waals surface area contributed by atoms with E-state index in [9.17, 15) is 4.79 Å². The van der Waals surface area contributed by atoms with Gasteiger partial charge in [-0.2, -0.15) is 0 Å². The molecule has 0 saturated carbocycles. The van der Waals surface area contributed by atoms with Gasteiger partial charge in [0, 0.05) is 18.7 Å². The molecule has 0 aromatic heterocycles. The number of piperidine rings is 1. The molecule has 0 aliphatic carbocycles. The summed E-state index contributed by atoms with van der Waals surface area (Å²) in [5, 5.41) is 0. The van der Waals surface area contributed by atoms with E-state index in [-0.39, 0.29) is 5.91 Å². The van der Waals surface area contributed by atoms with E-state index >= 15 is 0 Å². The number of carbonyl (C=O) groups is 1. The molecule has 1 aromatic rings. The van der Waals surface area contributed by atoms with Crippen LogP contribution in [0.25, 0.3) is 0 Å². The van der Waals surface area contributed by atoms with Gasteiger partial charge in [0.15, 0.2) is 0 Å². The fraction of sp³-hybridized carbons (Fsp3) is 0.500. The average Bonchev–Trinajstić information content (AvgIpc) is 2.45. The van der Waals surface area contributed by atoms with E-state index in [1.807, 2.05) is 30.0 Å². The first kappa shape index (κ1) is 15.6. The highest BCUT2D eigenvalue weighted by Gasteiger charge is 2.29. The molecule has 0 spiro atoms. The maximum atomic E-state index is 12.8. The van der Waals surface area contributed by atoms with Crippen LogP contribution in [0.15, 0.2) is 18.2 Å². The fourth-order valence-corrected chi connectivity index (χ4v) is 2.58. The summed E-state index contributed by atoms with van der Waals surface area (Å²) in [6, 6.07) is 5.83. The fourth-order valence-electron chi connectivity index (χ4n) is 2.58. The highest BCUT2D eigenvalue weighted by Crippen LogP contribution is 2.30. The maximum absolute atomic E-state index is 12.8. The molecule has 21 heavy (non-hydrogen) atoms. The molecule has 3 nitrogen and oxygen atoms in total. The lowest BCUT2D eigenvalue weighted by Gasteiger charge is -2.37. The van der Waals surface area contributed by atoms with E-state index in [4.69, 9.17) is 5.73 Å². The average molecular weight is 284 g/mol. The van der Waals surface area contributed by atoms with Crippen LogP contribution in [0.5, 0.6) is 0 Å². The van der Waals surface area contributed by atoms with Crippen LogP contribution in [-0.2, 0) is 0 Å². The number of hydrogen-bond acceptors (Lipinski definition) is 2. The van der Waals surface area contributed by atoms with Crippen LogP contribution in [0.2, 0.25) is 0 Å². The van der Waals surface area contributed by atoms with Crippen molar-refractivity contribution in [3.63, 3.8) is 0 Å². The summed E-state index contributed by atoms with van der Waals surface area (Å²) in [6.45, 7) is 8.47. The molecule has 1 aromatic carbocycles. The molecule has 0 radical (unpaired) electrons. The van der Waals surface area contributed by atoms with Crippen molar-refractivity contribution in [2.45, 2.75) is 33.6 Å². The van der Waals surface area contributed by atoms with Gasteiger partial charge in [0.2, 0.25) is 0 Å². The minimum Gasteiger partial charge on any atom is -0.339 e. The second-order valence-corrected chi connectivity index (χ2v) is 6.51. The molecule has 0 atom stereocenters. The summed E-state index contributed by atoms with van der Waals surface area (Å²) in [5.41, 5.74) is 8.34. The first-order valence-electron chi connectivity index (χ1n) is 7.52. The minimum atomic E-state index is 0.0931. The Morgan fingerprint density at radius 2 is 2.00 bits per heavy atom. The zero-order valence-electron chi connectivity index (χ0n) is 13.2. The van der Waals surface area contributed by atoms with Crippen molar-refractivity contribution in [2.24, 2.45) is 11.1 Å². The first-order chi connectivity index (χ1) is 9.93. The van der Waals surface area contributed by atoms with Gasteiger partial charge >= 0.3 is 0 Å². The van der Waals surface area contributed by atoms with Crippen LogP contribution in [0.3, 0.4) is 0 Å². The monoisotopic (exact) mass is 284 g/mol. The predicted molar refractivity (Wildman–Crippen MR) is 86.0 cm³/mol. The second-order valence-electron chi connectivity index (χ2n) is 6.51. The molecule has 1 aliphatic rings. The summed E-state index contributed by atoms with van der Waals surface area (Å²) in [5.74, 6) is 5.95. The Balaban J connectivity index is 2.24. The first-order valence-corrected chi connectivity index (χ1v) is 7.52. The number of nitrogens with two attached hydrogens (primary N) is 1. The third-order valence-electron chi connectivity index (χ3n) is 4.13. The van der Waals surface area contributed by atoms with Crippen molar-refractivity contribution in [2.75, 3.05) is 19.6 Å². The van der Waals surface area contributed by atoms with Crippen molar-refractivity contribution in [1.29, 1.82) is 0 Å². The zero-order valence-corrected chi connectivity index (χ0v) is 13.2. The van der Waals surface area contributed by atoms with Gasteiger partial charge in [-0.25, -0.2) is 0 Å².